The summed E-state index contributed by atoms with van der Waals surface area (Å²) in [4.78, 5) is 10.4. The molecule has 0 atom stereocenters. The maximum absolute atomic E-state index is 10.4. The molecule has 1 aromatic carbocycles. The molecule has 0 radical (unpaired) electrons. The van der Waals surface area contributed by atoms with E-state index >= 15 is 0 Å². The van der Waals surface area contributed by atoms with Gasteiger partial charge in [0.15, 0.2) is 11.5 Å². The van der Waals surface area contributed by atoms with Gasteiger partial charge in [-0.05, 0) is 12.1 Å². The van der Waals surface area contributed by atoms with Gasteiger partial charge in [0.2, 0.25) is 12.7 Å². The summed E-state index contributed by atoms with van der Waals surface area (Å²) in [7, 11) is 0. The van der Waals surface area contributed by atoms with E-state index in [9.17, 15) is 4.79 Å². The van der Waals surface area contributed by atoms with E-state index in [1.807, 2.05) is 6.07 Å². The van der Waals surface area contributed by atoms with Gasteiger partial charge in [-0.25, -0.2) is 0 Å². The first-order valence-corrected chi connectivity index (χ1v) is 5.27. The molecule has 0 aromatic heterocycles. The third-order valence-corrected chi connectivity index (χ3v) is 2.19. The van der Waals surface area contributed by atoms with Gasteiger partial charge in [0, 0.05) is 12.6 Å². The van der Waals surface area contributed by atoms with Crippen LogP contribution >= 0.6 is 0 Å². The topological polar surface area (TPSA) is 82.8 Å². The maximum Gasteiger partial charge on any atom is 0.231 e. The molecule has 92 valence electrons. The van der Waals surface area contributed by atoms with Crippen LogP contribution in [0.15, 0.2) is 18.2 Å². The highest BCUT2D eigenvalue weighted by Crippen LogP contribution is 2.34. The molecule has 3 N–H and O–H groups in total. The number of nitrogens with one attached hydrogen (secondary N) is 1. The normalized spacial score (nSPS) is 12.5. The van der Waals surface area contributed by atoms with E-state index in [0.717, 1.165) is 5.75 Å². The van der Waals surface area contributed by atoms with Crippen LogP contribution in [0.2, 0.25) is 0 Å². The lowest BCUT2D eigenvalue weighted by Gasteiger charge is -2.07. The van der Waals surface area contributed by atoms with Crippen molar-refractivity contribution >= 4 is 5.91 Å². The van der Waals surface area contributed by atoms with Crippen LogP contribution < -0.4 is 25.3 Å². The van der Waals surface area contributed by atoms with E-state index in [1.165, 1.54) is 0 Å². The number of hydrogen-bond donors (Lipinski definition) is 2. The molecule has 17 heavy (non-hydrogen) atoms. The predicted octanol–water partition coefficient (Wildman–Crippen LogP) is -0.131. The Balaban J connectivity index is 1.74. The SMILES string of the molecule is NC(=O)CNCCOc1ccc2c(c1)OCO2. The minimum Gasteiger partial charge on any atom is -0.492 e. The largest absolute Gasteiger partial charge is 0.492 e. The lowest BCUT2D eigenvalue weighted by Crippen LogP contribution is -2.31. The quantitative estimate of drug-likeness (QED) is 0.674. The van der Waals surface area contributed by atoms with E-state index in [1.54, 1.807) is 12.1 Å². The standard InChI is InChI=1S/C11H14N2O4/c12-11(14)6-13-3-4-15-8-1-2-9-10(5-8)17-7-16-9/h1-2,5,13H,3-4,6-7H2,(H2,12,14). The van der Waals surface area contributed by atoms with Gasteiger partial charge in [0.05, 0.1) is 6.54 Å². The third-order valence-electron chi connectivity index (χ3n) is 2.19. The van der Waals surface area contributed by atoms with Crippen LogP contribution in [0.4, 0.5) is 0 Å². The lowest BCUT2D eigenvalue weighted by atomic mass is 10.3. The highest BCUT2D eigenvalue weighted by molar-refractivity contribution is 5.75. The smallest absolute Gasteiger partial charge is 0.231 e. The van der Waals surface area contributed by atoms with Gasteiger partial charge < -0.3 is 25.3 Å². The molecule has 0 saturated heterocycles. The molecule has 1 aromatic rings. The molecule has 0 aliphatic carbocycles. The average molecular weight is 238 g/mol. The van der Waals surface area contributed by atoms with Crippen molar-refractivity contribution in [3.63, 3.8) is 0 Å². The van der Waals surface area contributed by atoms with Crippen molar-refractivity contribution in [3.05, 3.63) is 18.2 Å². The van der Waals surface area contributed by atoms with Gasteiger partial charge in [-0.1, -0.05) is 0 Å². The zero-order valence-corrected chi connectivity index (χ0v) is 9.27. The van der Waals surface area contributed by atoms with Crippen LogP contribution in [0.5, 0.6) is 17.2 Å². The Kier molecular flexibility index (Phi) is 3.66. The first-order valence-electron chi connectivity index (χ1n) is 5.27. The van der Waals surface area contributed by atoms with Gasteiger partial charge in [-0.15, -0.1) is 0 Å². The van der Waals surface area contributed by atoms with Crippen molar-refractivity contribution in [2.75, 3.05) is 26.5 Å². The fourth-order valence-corrected chi connectivity index (χ4v) is 1.42. The van der Waals surface area contributed by atoms with Crippen LogP contribution in [-0.2, 0) is 4.79 Å². The zero-order chi connectivity index (χ0) is 12.1. The molecule has 2 rings (SSSR count). The molecule has 0 saturated carbocycles. The first-order chi connectivity index (χ1) is 8.25. The fourth-order valence-electron chi connectivity index (χ4n) is 1.42. The van der Waals surface area contributed by atoms with Crippen LogP contribution in [0, 0.1) is 0 Å². The van der Waals surface area contributed by atoms with Gasteiger partial charge in [0.25, 0.3) is 0 Å². The van der Waals surface area contributed by atoms with Crippen molar-refractivity contribution in [2.45, 2.75) is 0 Å². The molecular formula is C11H14N2O4. The number of primary amides is 1. The second kappa shape index (κ2) is 5.40. The van der Waals surface area contributed by atoms with Crippen molar-refractivity contribution in [1.29, 1.82) is 0 Å². The molecule has 1 aliphatic rings. The maximum atomic E-state index is 10.4. The Labute approximate surface area is 98.6 Å². The highest BCUT2D eigenvalue weighted by Gasteiger charge is 2.13. The Morgan fingerprint density at radius 3 is 3.06 bits per heavy atom. The predicted molar refractivity (Wildman–Crippen MR) is 60.1 cm³/mol. The number of carbonyl (C=O) groups excluding carboxylic acids is 1. The summed E-state index contributed by atoms with van der Waals surface area (Å²) in [6.07, 6.45) is 0. The summed E-state index contributed by atoms with van der Waals surface area (Å²) in [5, 5.41) is 2.85. The van der Waals surface area contributed by atoms with Crippen molar-refractivity contribution in [2.24, 2.45) is 5.73 Å². The Morgan fingerprint density at radius 2 is 2.24 bits per heavy atom. The van der Waals surface area contributed by atoms with Crippen LogP contribution in [-0.4, -0.2) is 32.4 Å². The highest BCUT2D eigenvalue weighted by atomic mass is 16.7. The molecule has 0 bridgehead atoms. The fraction of sp³-hybridized carbons (Fsp3) is 0.364. The number of benzene rings is 1. The van der Waals surface area contributed by atoms with Crippen LogP contribution in [0.3, 0.4) is 0 Å². The second-order valence-electron chi connectivity index (χ2n) is 3.51. The van der Waals surface area contributed by atoms with E-state index in [-0.39, 0.29) is 19.2 Å². The van der Waals surface area contributed by atoms with Crippen molar-refractivity contribution < 1.29 is 19.0 Å². The summed E-state index contributed by atoms with van der Waals surface area (Å²) in [6.45, 7) is 1.41. The summed E-state index contributed by atoms with van der Waals surface area (Å²) >= 11 is 0. The minimum atomic E-state index is -0.381. The van der Waals surface area contributed by atoms with Gasteiger partial charge in [0.1, 0.15) is 12.4 Å². The average Bonchev–Trinajstić information content (AvgIpc) is 2.75. The monoisotopic (exact) mass is 238 g/mol. The number of rotatable bonds is 6. The molecule has 1 heterocycles. The third kappa shape index (κ3) is 3.25. The van der Waals surface area contributed by atoms with E-state index in [2.05, 4.69) is 5.32 Å². The number of hydrogen-bond acceptors (Lipinski definition) is 5. The Bertz CT molecular complexity index is 408. The number of nitrogens with two attached hydrogens (primary N) is 1. The van der Waals surface area contributed by atoms with Crippen molar-refractivity contribution in [1.82, 2.24) is 5.32 Å². The number of ether oxygens (including phenoxy) is 3. The van der Waals surface area contributed by atoms with Gasteiger partial charge in [-0.3, -0.25) is 4.79 Å². The molecule has 0 unspecified atom stereocenters. The number of fused-ring (bicyclic) bond motifs is 1. The summed E-state index contributed by atoms with van der Waals surface area (Å²) in [5.74, 6) is 1.74. The van der Waals surface area contributed by atoms with E-state index < -0.39 is 0 Å². The Hall–Kier alpha value is -1.95. The molecular weight excluding hydrogens is 224 g/mol. The molecule has 1 aliphatic heterocycles. The zero-order valence-electron chi connectivity index (χ0n) is 9.27. The number of amides is 1. The lowest BCUT2D eigenvalue weighted by molar-refractivity contribution is -0.117. The molecule has 1 amide bonds. The summed E-state index contributed by atoms with van der Waals surface area (Å²) < 4.78 is 15.9. The Morgan fingerprint density at radius 1 is 1.41 bits per heavy atom. The van der Waals surface area contributed by atoms with E-state index in [4.69, 9.17) is 19.9 Å². The molecule has 6 heteroatoms. The van der Waals surface area contributed by atoms with Crippen LogP contribution in [0.1, 0.15) is 0 Å². The minimum absolute atomic E-state index is 0.157. The van der Waals surface area contributed by atoms with Gasteiger partial charge in [-0.2, -0.15) is 0 Å². The second-order valence-corrected chi connectivity index (χ2v) is 3.51. The number of carbonyl (C=O) groups is 1. The van der Waals surface area contributed by atoms with E-state index in [0.29, 0.717) is 24.7 Å². The molecule has 0 spiro atoms. The first kappa shape index (κ1) is 11.5. The van der Waals surface area contributed by atoms with Crippen LogP contribution in [0.25, 0.3) is 0 Å². The summed E-state index contributed by atoms with van der Waals surface area (Å²) in [5.41, 5.74) is 4.97. The van der Waals surface area contributed by atoms with Gasteiger partial charge >= 0.3 is 0 Å². The summed E-state index contributed by atoms with van der Waals surface area (Å²) in [6, 6.07) is 5.38. The van der Waals surface area contributed by atoms with Crippen molar-refractivity contribution in [3.8, 4) is 17.2 Å². The molecule has 0 fully saturated rings. The molecule has 6 nitrogen and oxygen atoms in total.